The molecule has 0 atom stereocenters. The predicted molar refractivity (Wildman–Crippen MR) is 111 cm³/mol. The Morgan fingerprint density at radius 1 is 1.00 bits per heavy atom. The van der Waals surface area contributed by atoms with E-state index < -0.39 is 0 Å². The van der Waals surface area contributed by atoms with Crippen LogP contribution in [0.5, 0.6) is 0 Å². The normalized spacial score (nSPS) is 10.9. The summed E-state index contributed by atoms with van der Waals surface area (Å²) >= 11 is 1.44. The molecule has 2 aromatic heterocycles. The van der Waals surface area contributed by atoms with Gasteiger partial charge in [0.15, 0.2) is 5.13 Å². The van der Waals surface area contributed by atoms with Crippen LogP contribution in [0.1, 0.15) is 16.8 Å². The lowest BCUT2D eigenvalue weighted by Crippen LogP contribution is -2.16. The molecule has 0 fully saturated rings. The fourth-order valence-corrected chi connectivity index (χ4v) is 3.96. The van der Waals surface area contributed by atoms with Gasteiger partial charge >= 0.3 is 0 Å². The largest absolute Gasteiger partial charge is 0.302 e. The van der Waals surface area contributed by atoms with Crippen molar-refractivity contribution in [2.45, 2.75) is 20.3 Å². The minimum Gasteiger partial charge on any atom is -0.302 e. The number of aromatic nitrogens is 2. The predicted octanol–water partition coefficient (Wildman–Crippen LogP) is 5.16. The molecule has 27 heavy (non-hydrogen) atoms. The lowest BCUT2D eigenvalue weighted by Gasteiger charge is -2.12. The summed E-state index contributed by atoms with van der Waals surface area (Å²) in [6.07, 6.45) is 0.287. The highest BCUT2D eigenvalue weighted by Gasteiger charge is 2.14. The number of aryl methyl sites for hydroxylation is 2. The molecule has 0 unspecified atom stereocenters. The van der Waals surface area contributed by atoms with Crippen molar-refractivity contribution in [3.8, 4) is 11.3 Å². The summed E-state index contributed by atoms with van der Waals surface area (Å²) in [5.74, 6) is -0.0766. The summed E-state index contributed by atoms with van der Waals surface area (Å²) < 4.78 is 0. The number of pyridine rings is 1. The standard InChI is InChI=1S/C22H19N3OS/c1-14-17-10-6-7-11-19(17)23-15(2)18(14)12-21(26)25-22-24-20(13-27-22)16-8-4-3-5-9-16/h3-11,13H,12H2,1-2H3,(H,24,25,26). The Morgan fingerprint density at radius 3 is 2.56 bits per heavy atom. The van der Waals surface area contributed by atoms with Gasteiger partial charge in [0.25, 0.3) is 0 Å². The Kier molecular flexibility index (Phi) is 4.69. The number of rotatable bonds is 4. The van der Waals surface area contributed by atoms with Gasteiger partial charge < -0.3 is 5.32 Å². The zero-order valence-corrected chi connectivity index (χ0v) is 16.0. The lowest BCUT2D eigenvalue weighted by molar-refractivity contribution is -0.115. The molecule has 1 amide bonds. The molecule has 2 heterocycles. The number of amides is 1. The third-order valence-electron chi connectivity index (χ3n) is 4.64. The van der Waals surface area contributed by atoms with Crippen LogP contribution >= 0.6 is 11.3 Å². The van der Waals surface area contributed by atoms with Crippen molar-refractivity contribution in [1.29, 1.82) is 0 Å². The molecule has 0 radical (unpaired) electrons. The smallest absolute Gasteiger partial charge is 0.230 e. The van der Waals surface area contributed by atoms with Crippen LogP contribution in [0.4, 0.5) is 5.13 Å². The molecule has 0 spiro atoms. The molecule has 4 rings (SSSR count). The van der Waals surface area contributed by atoms with E-state index in [0.29, 0.717) is 5.13 Å². The van der Waals surface area contributed by atoms with Crippen molar-refractivity contribution in [3.63, 3.8) is 0 Å². The number of carbonyl (C=O) groups excluding carboxylic acids is 1. The average molecular weight is 373 g/mol. The molecule has 1 N–H and O–H groups in total. The summed E-state index contributed by atoms with van der Waals surface area (Å²) in [6, 6.07) is 18.0. The fourth-order valence-electron chi connectivity index (χ4n) is 3.23. The Bertz CT molecular complexity index is 1120. The highest BCUT2D eigenvalue weighted by molar-refractivity contribution is 7.14. The van der Waals surface area contributed by atoms with Crippen molar-refractivity contribution in [1.82, 2.24) is 9.97 Å². The zero-order valence-electron chi connectivity index (χ0n) is 15.2. The molecule has 134 valence electrons. The van der Waals surface area contributed by atoms with Gasteiger partial charge in [-0.15, -0.1) is 11.3 Å². The summed E-state index contributed by atoms with van der Waals surface area (Å²) in [6.45, 7) is 4.01. The van der Waals surface area contributed by atoms with Crippen LogP contribution in [0.25, 0.3) is 22.2 Å². The molecule has 0 saturated carbocycles. The second kappa shape index (κ2) is 7.29. The fraction of sp³-hybridized carbons (Fsp3) is 0.136. The highest BCUT2D eigenvalue weighted by atomic mass is 32.1. The molecule has 0 bridgehead atoms. The third-order valence-corrected chi connectivity index (χ3v) is 5.40. The molecule has 2 aromatic carbocycles. The number of benzene rings is 2. The summed E-state index contributed by atoms with van der Waals surface area (Å²) in [5, 5.41) is 6.58. The van der Waals surface area contributed by atoms with Crippen molar-refractivity contribution in [3.05, 3.63) is 76.8 Å². The van der Waals surface area contributed by atoms with E-state index in [1.54, 1.807) is 0 Å². The van der Waals surface area contributed by atoms with Crippen LogP contribution in [-0.2, 0) is 11.2 Å². The van der Waals surface area contributed by atoms with Crippen LogP contribution in [0, 0.1) is 13.8 Å². The maximum atomic E-state index is 12.6. The molecular weight excluding hydrogens is 354 g/mol. The molecule has 0 aliphatic carbocycles. The average Bonchev–Trinajstić information content (AvgIpc) is 3.14. The van der Waals surface area contributed by atoms with Gasteiger partial charge in [-0.05, 0) is 31.0 Å². The Labute approximate surface area is 161 Å². The topological polar surface area (TPSA) is 54.9 Å². The van der Waals surface area contributed by atoms with E-state index in [0.717, 1.165) is 39.0 Å². The molecule has 0 aliphatic heterocycles. The number of nitrogens with zero attached hydrogens (tertiary/aromatic N) is 2. The van der Waals surface area contributed by atoms with E-state index >= 15 is 0 Å². The lowest BCUT2D eigenvalue weighted by atomic mass is 9.99. The summed E-state index contributed by atoms with van der Waals surface area (Å²) in [5.41, 5.74) is 5.85. The maximum absolute atomic E-state index is 12.6. The monoisotopic (exact) mass is 373 g/mol. The first-order chi connectivity index (χ1) is 13.1. The molecule has 4 nitrogen and oxygen atoms in total. The van der Waals surface area contributed by atoms with Gasteiger partial charge in [0.2, 0.25) is 5.91 Å². The zero-order chi connectivity index (χ0) is 18.8. The number of thiazole rings is 1. The minimum absolute atomic E-state index is 0.0766. The first-order valence-corrected chi connectivity index (χ1v) is 9.65. The van der Waals surface area contributed by atoms with E-state index in [-0.39, 0.29) is 12.3 Å². The third kappa shape index (κ3) is 3.59. The highest BCUT2D eigenvalue weighted by Crippen LogP contribution is 2.26. The number of anilines is 1. The molecule has 0 aliphatic rings. The van der Waals surface area contributed by atoms with E-state index in [9.17, 15) is 4.79 Å². The minimum atomic E-state index is -0.0766. The van der Waals surface area contributed by atoms with Crippen molar-refractivity contribution in [2.75, 3.05) is 5.32 Å². The van der Waals surface area contributed by atoms with Gasteiger partial charge in [0.05, 0.1) is 17.6 Å². The van der Waals surface area contributed by atoms with Crippen molar-refractivity contribution in [2.24, 2.45) is 0 Å². The van der Waals surface area contributed by atoms with Crippen LogP contribution in [0.15, 0.2) is 60.0 Å². The number of hydrogen-bond donors (Lipinski definition) is 1. The number of nitrogens with one attached hydrogen (secondary N) is 1. The quantitative estimate of drug-likeness (QED) is 0.538. The van der Waals surface area contributed by atoms with Gasteiger partial charge in [0, 0.05) is 22.0 Å². The van der Waals surface area contributed by atoms with E-state index in [2.05, 4.69) is 22.2 Å². The number of fused-ring (bicyclic) bond motifs is 1. The second-order valence-corrected chi connectivity index (χ2v) is 7.30. The van der Waals surface area contributed by atoms with Gasteiger partial charge in [-0.2, -0.15) is 0 Å². The van der Waals surface area contributed by atoms with Gasteiger partial charge in [-0.25, -0.2) is 4.98 Å². The van der Waals surface area contributed by atoms with Crippen molar-refractivity contribution >= 4 is 33.3 Å². The molecule has 0 saturated heterocycles. The summed E-state index contributed by atoms with van der Waals surface area (Å²) in [4.78, 5) is 21.8. The Morgan fingerprint density at radius 2 is 1.74 bits per heavy atom. The van der Waals surface area contributed by atoms with Crippen molar-refractivity contribution < 1.29 is 4.79 Å². The SMILES string of the molecule is Cc1nc2ccccc2c(C)c1CC(=O)Nc1nc(-c2ccccc2)cs1. The van der Waals surface area contributed by atoms with Gasteiger partial charge in [-0.3, -0.25) is 9.78 Å². The van der Waals surface area contributed by atoms with Gasteiger partial charge in [-0.1, -0.05) is 48.5 Å². The second-order valence-electron chi connectivity index (χ2n) is 6.45. The maximum Gasteiger partial charge on any atom is 0.230 e. The Balaban J connectivity index is 1.54. The van der Waals surface area contributed by atoms with E-state index in [1.807, 2.05) is 66.9 Å². The first kappa shape index (κ1) is 17.4. The van der Waals surface area contributed by atoms with Crippen LogP contribution in [0.3, 0.4) is 0 Å². The van der Waals surface area contributed by atoms with Crippen LogP contribution in [0.2, 0.25) is 0 Å². The van der Waals surface area contributed by atoms with Crippen LogP contribution in [-0.4, -0.2) is 15.9 Å². The van der Waals surface area contributed by atoms with Crippen LogP contribution < -0.4 is 5.32 Å². The summed E-state index contributed by atoms with van der Waals surface area (Å²) in [7, 11) is 0. The number of carbonyl (C=O) groups is 1. The number of para-hydroxylation sites is 1. The number of hydrogen-bond acceptors (Lipinski definition) is 4. The Hall–Kier alpha value is -3.05. The van der Waals surface area contributed by atoms with Gasteiger partial charge in [0.1, 0.15) is 0 Å². The molecule has 4 aromatic rings. The molecular formula is C22H19N3OS. The molecule has 5 heteroatoms. The van der Waals surface area contributed by atoms with E-state index in [1.165, 1.54) is 11.3 Å². The first-order valence-electron chi connectivity index (χ1n) is 8.77. The van der Waals surface area contributed by atoms with E-state index in [4.69, 9.17) is 0 Å².